The van der Waals surface area contributed by atoms with Gasteiger partial charge in [0.15, 0.2) is 5.88 Å². The summed E-state index contributed by atoms with van der Waals surface area (Å²) in [4.78, 5) is 13.0. The van der Waals surface area contributed by atoms with Crippen molar-refractivity contribution in [2.75, 3.05) is 5.32 Å². The minimum atomic E-state index is -0.234. The molecule has 0 atom stereocenters. The molecule has 6 nitrogen and oxygen atoms in total. The van der Waals surface area contributed by atoms with Gasteiger partial charge in [-0.15, -0.1) is 11.3 Å². The molecule has 4 rings (SSSR count). The smallest absolute Gasteiger partial charge is 0.265 e. The number of amides is 1. The highest BCUT2D eigenvalue weighted by Gasteiger charge is 2.15. The number of carbonyl (C=O) groups is 1. The van der Waals surface area contributed by atoms with Crippen LogP contribution in [0, 0.1) is 5.41 Å². The van der Waals surface area contributed by atoms with Gasteiger partial charge in [-0.2, -0.15) is 0 Å². The van der Waals surface area contributed by atoms with Crippen LogP contribution in [-0.2, 0) is 19.4 Å². The maximum Gasteiger partial charge on any atom is 0.265 e. The molecular weight excluding hydrogens is 432 g/mol. The predicted octanol–water partition coefficient (Wildman–Crippen LogP) is 5.04. The monoisotopic (exact) mass is 452 g/mol. The third kappa shape index (κ3) is 4.73. The third-order valence-electron chi connectivity index (χ3n) is 5.01. The van der Waals surface area contributed by atoms with Crippen LogP contribution >= 0.6 is 22.9 Å². The van der Waals surface area contributed by atoms with E-state index in [1.807, 2.05) is 42.6 Å². The second kappa shape index (κ2) is 8.83. The van der Waals surface area contributed by atoms with Crippen LogP contribution in [0.3, 0.4) is 0 Å². The number of aryl methyl sites for hydroxylation is 2. The van der Waals surface area contributed by atoms with Crippen molar-refractivity contribution in [3.8, 4) is 5.88 Å². The largest absolute Gasteiger partial charge is 0.494 e. The predicted molar refractivity (Wildman–Crippen MR) is 127 cm³/mol. The quantitative estimate of drug-likeness (QED) is 0.233. The molecule has 31 heavy (non-hydrogen) atoms. The number of hydrogen-bond donors (Lipinski definition) is 4. The summed E-state index contributed by atoms with van der Waals surface area (Å²) in [5, 5.41) is 22.4. The van der Waals surface area contributed by atoms with Gasteiger partial charge < -0.3 is 20.7 Å². The minimum Gasteiger partial charge on any atom is -0.494 e. The van der Waals surface area contributed by atoms with Gasteiger partial charge in [-0.05, 0) is 41.8 Å². The number of amidine groups is 1. The zero-order chi connectivity index (χ0) is 22.0. The van der Waals surface area contributed by atoms with E-state index >= 15 is 0 Å². The lowest BCUT2D eigenvalue weighted by molar-refractivity contribution is 0.103. The number of thiophene rings is 1. The number of aromatic nitrogens is 1. The maximum absolute atomic E-state index is 12.5. The number of aromatic hydroxyl groups is 1. The van der Waals surface area contributed by atoms with Gasteiger partial charge in [0.1, 0.15) is 0 Å². The molecule has 2 heterocycles. The molecule has 0 saturated carbocycles. The average molecular weight is 453 g/mol. The van der Waals surface area contributed by atoms with Crippen molar-refractivity contribution in [2.45, 2.75) is 19.4 Å². The molecule has 2 aromatic heterocycles. The number of rotatable bonds is 7. The van der Waals surface area contributed by atoms with Gasteiger partial charge in [-0.25, -0.2) is 0 Å². The molecule has 0 aliphatic carbocycles. The van der Waals surface area contributed by atoms with E-state index in [1.54, 1.807) is 22.8 Å². The Kier molecular flexibility index (Phi) is 5.97. The summed E-state index contributed by atoms with van der Waals surface area (Å²) in [6, 6.07) is 16.8. The Morgan fingerprint density at radius 1 is 1.10 bits per heavy atom. The molecule has 8 heteroatoms. The van der Waals surface area contributed by atoms with Crippen LogP contribution in [0.4, 0.5) is 5.69 Å². The molecule has 0 spiro atoms. The van der Waals surface area contributed by atoms with E-state index in [2.05, 4.69) is 5.32 Å². The Hall–Kier alpha value is -3.29. The number of hydrogen-bond acceptors (Lipinski definition) is 4. The first-order valence-electron chi connectivity index (χ1n) is 9.69. The number of carbonyl (C=O) groups excluding carboxylic acids is 1. The van der Waals surface area contributed by atoms with Gasteiger partial charge in [0.25, 0.3) is 5.91 Å². The number of nitrogens with two attached hydrogens (primary N) is 1. The molecule has 0 bridgehead atoms. The molecule has 0 radical (unpaired) electrons. The average Bonchev–Trinajstić information content (AvgIpc) is 3.31. The molecule has 2 aromatic carbocycles. The molecule has 4 aromatic rings. The van der Waals surface area contributed by atoms with Crippen LogP contribution in [0.5, 0.6) is 5.88 Å². The highest BCUT2D eigenvalue weighted by Crippen LogP contribution is 2.33. The van der Waals surface area contributed by atoms with E-state index in [1.165, 1.54) is 11.3 Å². The molecule has 0 saturated heterocycles. The summed E-state index contributed by atoms with van der Waals surface area (Å²) >= 11 is 7.15. The Morgan fingerprint density at radius 3 is 2.52 bits per heavy atom. The second-order valence-corrected chi connectivity index (χ2v) is 8.95. The first kappa shape index (κ1) is 21.0. The van der Waals surface area contributed by atoms with Crippen LogP contribution in [0.1, 0.15) is 20.8 Å². The van der Waals surface area contributed by atoms with Crippen LogP contribution < -0.4 is 11.1 Å². The zero-order valence-corrected chi connectivity index (χ0v) is 18.1. The van der Waals surface area contributed by atoms with E-state index in [0.29, 0.717) is 33.3 Å². The Bertz CT molecular complexity index is 1260. The molecule has 1 amide bonds. The normalized spacial score (nSPS) is 11.0. The number of halogens is 1. The van der Waals surface area contributed by atoms with Crippen molar-refractivity contribution < 1.29 is 9.90 Å². The van der Waals surface area contributed by atoms with Crippen molar-refractivity contribution in [1.82, 2.24) is 4.57 Å². The standard InChI is InChI=1S/C23H21ClN4O2S/c24-20-9-8-19(31-20)22(29)27-18-3-1-2-16-17(18)13-28(23(16)30)11-10-14-4-6-15(7-5-14)12-21(25)26/h1-9,13,30H,10-12H2,(H3,25,26)(H,27,29). The Balaban J connectivity index is 1.51. The zero-order valence-electron chi connectivity index (χ0n) is 16.6. The highest BCUT2D eigenvalue weighted by molar-refractivity contribution is 7.18. The number of nitrogens with one attached hydrogen (secondary N) is 2. The Morgan fingerprint density at radius 2 is 1.84 bits per heavy atom. The molecule has 0 aliphatic rings. The highest BCUT2D eigenvalue weighted by atomic mass is 35.5. The van der Waals surface area contributed by atoms with E-state index in [4.69, 9.17) is 22.7 Å². The number of nitrogens with zero attached hydrogens (tertiary/aromatic N) is 1. The lowest BCUT2D eigenvalue weighted by Crippen LogP contribution is -2.12. The molecule has 0 fully saturated rings. The van der Waals surface area contributed by atoms with Crippen LogP contribution in [0.25, 0.3) is 10.8 Å². The van der Waals surface area contributed by atoms with Gasteiger partial charge >= 0.3 is 0 Å². The fourth-order valence-corrected chi connectivity index (χ4v) is 4.40. The molecule has 5 N–H and O–H groups in total. The van der Waals surface area contributed by atoms with Gasteiger partial charge in [-0.3, -0.25) is 10.2 Å². The lowest BCUT2D eigenvalue weighted by Gasteiger charge is -2.06. The van der Waals surface area contributed by atoms with Crippen LogP contribution in [0.15, 0.2) is 60.8 Å². The Labute approximate surface area is 188 Å². The van der Waals surface area contributed by atoms with Crippen molar-refractivity contribution in [1.29, 1.82) is 5.41 Å². The molecule has 158 valence electrons. The second-order valence-electron chi connectivity index (χ2n) is 7.24. The SMILES string of the molecule is N=C(N)Cc1ccc(CCn2cc3c(NC(=O)c4ccc(Cl)s4)cccc3c2O)cc1. The molecular formula is C23H21ClN4O2S. The first-order valence-corrected chi connectivity index (χ1v) is 10.9. The van der Waals surface area contributed by atoms with Gasteiger partial charge in [-0.1, -0.05) is 41.9 Å². The van der Waals surface area contributed by atoms with Gasteiger partial charge in [0.05, 0.1) is 20.7 Å². The fourth-order valence-electron chi connectivity index (χ4n) is 3.46. The number of fused-ring (bicyclic) bond motifs is 1. The van der Waals surface area contributed by atoms with E-state index in [9.17, 15) is 9.90 Å². The summed E-state index contributed by atoms with van der Waals surface area (Å²) in [5.74, 6) is 0.0718. The van der Waals surface area contributed by atoms with Crippen LogP contribution in [0.2, 0.25) is 4.34 Å². The minimum absolute atomic E-state index is 0.141. The van der Waals surface area contributed by atoms with Crippen molar-refractivity contribution in [3.05, 3.63) is 81.1 Å². The van der Waals surface area contributed by atoms with E-state index in [-0.39, 0.29) is 17.6 Å². The van der Waals surface area contributed by atoms with Crippen molar-refractivity contribution in [3.63, 3.8) is 0 Å². The molecule has 0 aliphatic heterocycles. The third-order valence-corrected chi connectivity index (χ3v) is 6.24. The topological polar surface area (TPSA) is 104 Å². The van der Waals surface area contributed by atoms with Gasteiger partial charge in [0.2, 0.25) is 0 Å². The summed E-state index contributed by atoms with van der Waals surface area (Å²) in [6.45, 7) is 0.584. The number of anilines is 1. The molecule has 0 unspecified atom stereocenters. The van der Waals surface area contributed by atoms with E-state index < -0.39 is 0 Å². The lowest BCUT2D eigenvalue weighted by atomic mass is 10.1. The summed E-state index contributed by atoms with van der Waals surface area (Å²) in [7, 11) is 0. The summed E-state index contributed by atoms with van der Waals surface area (Å²) in [6.07, 6.45) is 3.02. The van der Waals surface area contributed by atoms with Crippen LogP contribution in [-0.4, -0.2) is 21.4 Å². The van der Waals surface area contributed by atoms with E-state index in [0.717, 1.165) is 22.9 Å². The van der Waals surface area contributed by atoms with Gasteiger partial charge in [0, 0.05) is 29.9 Å². The fraction of sp³-hybridized carbons (Fsp3) is 0.130. The maximum atomic E-state index is 12.5. The van der Waals surface area contributed by atoms with Crippen molar-refractivity contribution in [2.24, 2.45) is 5.73 Å². The summed E-state index contributed by atoms with van der Waals surface area (Å²) in [5.41, 5.74) is 8.20. The first-order chi connectivity index (χ1) is 14.9. The summed E-state index contributed by atoms with van der Waals surface area (Å²) < 4.78 is 2.34. The van der Waals surface area contributed by atoms with Crippen molar-refractivity contribution >= 4 is 51.1 Å². The number of benzene rings is 2.